The first-order chi connectivity index (χ1) is 17.0. The fraction of sp³-hybridized carbons (Fsp3) is 0.450. The Bertz CT molecular complexity index is 1330. The summed E-state index contributed by atoms with van der Waals surface area (Å²) in [5, 5.41) is 12.6. The summed E-state index contributed by atoms with van der Waals surface area (Å²) in [6.07, 6.45) is 0.474. The number of nitrogens with zero attached hydrogens (tertiary/aromatic N) is 2. The van der Waals surface area contributed by atoms with Gasteiger partial charge in [-0.2, -0.15) is 4.31 Å². The lowest BCUT2D eigenvalue weighted by Gasteiger charge is -2.32. The van der Waals surface area contributed by atoms with E-state index in [9.17, 15) is 31.7 Å². The van der Waals surface area contributed by atoms with Gasteiger partial charge in [0, 0.05) is 44.0 Å². The van der Waals surface area contributed by atoms with E-state index in [0.29, 0.717) is 36.5 Å². The van der Waals surface area contributed by atoms with E-state index in [1.807, 2.05) is 11.6 Å². The van der Waals surface area contributed by atoms with E-state index >= 15 is 0 Å². The number of carbonyl (C=O) groups is 1. The smallest absolute Gasteiger partial charge is 0.294 e. The molecule has 2 heterocycles. The minimum absolute atomic E-state index is 0.0631. The fourth-order valence-electron chi connectivity index (χ4n) is 3.64. The third-order valence-corrected chi connectivity index (χ3v) is 10.6. The molecule has 13 nitrogen and oxygen atoms in total. The van der Waals surface area contributed by atoms with E-state index in [-0.39, 0.29) is 32.6 Å². The third-order valence-electron chi connectivity index (χ3n) is 5.26. The third kappa shape index (κ3) is 6.37. The van der Waals surface area contributed by atoms with Crippen molar-refractivity contribution in [2.45, 2.75) is 34.4 Å². The fourth-order valence-corrected chi connectivity index (χ4v) is 8.50. The van der Waals surface area contributed by atoms with Gasteiger partial charge in [-0.25, -0.2) is 21.6 Å². The van der Waals surface area contributed by atoms with Crippen LogP contribution in [-0.2, 0) is 36.2 Å². The Morgan fingerprint density at radius 1 is 1.33 bits per heavy atom. The number of thiophene rings is 1. The van der Waals surface area contributed by atoms with Crippen molar-refractivity contribution in [2.75, 3.05) is 33.4 Å². The molecule has 1 atom stereocenters. The molecular formula is C20H26N4O9S3. The molecule has 0 fully saturated rings. The predicted molar refractivity (Wildman–Crippen MR) is 129 cm³/mol. The molecule has 1 amide bonds. The van der Waals surface area contributed by atoms with E-state index < -0.39 is 43.7 Å². The number of carbonyl (C=O) groups excluding carboxylic acids is 1. The molecule has 198 valence electrons. The lowest BCUT2D eigenvalue weighted by atomic mass is 10.1. The highest BCUT2D eigenvalue weighted by molar-refractivity contribution is 7.94. The number of rotatable bonds is 12. The molecule has 0 saturated heterocycles. The van der Waals surface area contributed by atoms with E-state index in [4.69, 9.17) is 4.74 Å². The lowest BCUT2D eigenvalue weighted by Crippen LogP contribution is -2.43. The summed E-state index contributed by atoms with van der Waals surface area (Å²) < 4.78 is 60.3. The predicted octanol–water partition coefficient (Wildman–Crippen LogP) is 1.27. The Morgan fingerprint density at radius 3 is 2.75 bits per heavy atom. The second-order valence-electron chi connectivity index (χ2n) is 7.76. The van der Waals surface area contributed by atoms with E-state index in [1.165, 1.54) is 41.7 Å². The van der Waals surface area contributed by atoms with Crippen molar-refractivity contribution in [1.29, 1.82) is 0 Å². The maximum atomic E-state index is 13.2. The first-order valence-electron chi connectivity index (χ1n) is 10.8. The molecule has 1 aliphatic rings. The average Bonchev–Trinajstić information content (AvgIpc) is 3.29. The van der Waals surface area contributed by atoms with Gasteiger partial charge in [0.1, 0.15) is 15.0 Å². The summed E-state index contributed by atoms with van der Waals surface area (Å²) in [5.41, 5.74) is 0.555. The standard InChI is InChI=1S/C20H26N4O9S3/c1-3-21-17-12-23(8-5-9-32-2)36(30,31)20-16(17)11-18(34-20)35(28,29)22-19(25)15-7-4-6-14(10-15)13-33-24(26)27/h4,6-7,10-11,17,21H,3,5,8-9,12-13H2,1-2H3,(H,22,25)/t17-/m0/s1. The quantitative estimate of drug-likeness (QED) is 0.218. The first-order valence-corrected chi connectivity index (χ1v) is 14.5. The summed E-state index contributed by atoms with van der Waals surface area (Å²) in [4.78, 5) is 27.3. The zero-order valence-electron chi connectivity index (χ0n) is 19.5. The van der Waals surface area contributed by atoms with E-state index in [0.717, 1.165) is 0 Å². The largest absolute Gasteiger partial charge is 0.385 e. The summed E-state index contributed by atoms with van der Waals surface area (Å²) in [7, 11) is -6.84. The minimum Gasteiger partial charge on any atom is -0.385 e. The first kappa shape index (κ1) is 27.9. The van der Waals surface area contributed by atoms with E-state index in [1.54, 1.807) is 0 Å². The Morgan fingerprint density at radius 2 is 2.08 bits per heavy atom. The average molecular weight is 563 g/mol. The number of benzene rings is 1. The highest BCUT2D eigenvalue weighted by Crippen LogP contribution is 2.40. The summed E-state index contributed by atoms with van der Waals surface area (Å²) in [5.74, 6) is -0.975. The highest BCUT2D eigenvalue weighted by Gasteiger charge is 2.40. The number of methoxy groups -OCH3 is 1. The van der Waals surface area contributed by atoms with Gasteiger partial charge >= 0.3 is 0 Å². The SMILES string of the molecule is CCN[C@H]1CN(CCCOC)S(=O)(=O)c2sc(S(=O)(=O)NC(=O)c3cccc(CO[N+](=O)[O-])c3)cc21. The van der Waals surface area contributed by atoms with Gasteiger partial charge in [0.05, 0.1) is 0 Å². The van der Waals surface area contributed by atoms with Crippen molar-refractivity contribution in [3.63, 3.8) is 0 Å². The molecule has 0 radical (unpaired) electrons. The Kier molecular flexibility index (Phi) is 9.02. The molecule has 1 aliphatic heterocycles. The van der Waals surface area contributed by atoms with Crippen molar-refractivity contribution in [3.8, 4) is 0 Å². The monoisotopic (exact) mass is 562 g/mol. The molecule has 0 unspecified atom stereocenters. The molecule has 1 aromatic heterocycles. The molecule has 0 saturated carbocycles. The summed E-state index contributed by atoms with van der Waals surface area (Å²) in [6, 6.07) is 6.35. The van der Waals surface area contributed by atoms with Crippen LogP contribution in [-0.4, -0.2) is 65.5 Å². The van der Waals surface area contributed by atoms with Gasteiger partial charge in [-0.3, -0.25) is 4.79 Å². The molecular weight excluding hydrogens is 536 g/mol. The molecule has 16 heteroatoms. The number of likely N-dealkylation sites (N-methyl/N-ethyl adjacent to an activating group) is 1. The maximum Gasteiger partial charge on any atom is 0.294 e. The van der Waals surface area contributed by atoms with Crippen LogP contribution in [0.1, 0.15) is 40.9 Å². The Balaban J connectivity index is 1.87. The van der Waals surface area contributed by atoms with Crippen molar-refractivity contribution in [3.05, 3.63) is 57.1 Å². The van der Waals surface area contributed by atoms with Gasteiger partial charge in [0.25, 0.3) is 31.0 Å². The number of sulfonamides is 2. The Labute approximate surface area is 212 Å². The molecule has 0 bridgehead atoms. The van der Waals surface area contributed by atoms with Crippen LogP contribution in [0.15, 0.2) is 38.8 Å². The summed E-state index contributed by atoms with van der Waals surface area (Å²) >= 11 is 0.575. The molecule has 36 heavy (non-hydrogen) atoms. The zero-order chi connectivity index (χ0) is 26.5. The summed E-state index contributed by atoms with van der Waals surface area (Å²) in [6.45, 7) is 2.69. The molecule has 0 spiro atoms. The maximum absolute atomic E-state index is 13.2. The van der Waals surface area contributed by atoms with Crippen LogP contribution >= 0.6 is 11.3 Å². The number of fused-ring (bicyclic) bond motifs is 1. The van der Waals surface area contributed by atoms with Crippen LogP contribution in [0.25, 0.3) is 0 Å². The van der Waals surface area contributed by atoms with Crippen molar-refractivity contribution in [1.82, 2.24) is 14.3 Å². The topological polar surface area (TPSA) is 174 Å². The van der Waals surface area contributed by atoms with Crippen LogP contribution in [0.5, 0.6) is 0 Å². The van der Waals surface area contributed by atoms with Gasteiger partial charge < -0.3 is 14.9 Å². The normalized spacial score (nSPS) is 17.3. The van der Waals surface area contributed by atoms with Gasteiger partial charge in [-0.1, -0.05) is 19.1 Å². The van der Waals surface area contributed by atoms with Gasteiger partial charge in [-0.05, 0) is 36.7 Å². The number of hydrogen-bond acceptors (Lipinski definition) is 11. The van der Waals surface area contributed by atoms with Crippen LogP contribution in [0.2, 0.25) is 0 Å². The second kappa shape index (κ2) is 11.6. The van der Waals surface area contributed by atoms with Gasteiger partial charge in [0.15, 0.2) is 0 Å². The van der Waals surface area contributed by atoms with Gasteiger partial charge in [-0.15, -0.1) is 21.5 Å². The number of nitrogens with one attached hydrogen (secondary N) is 2. The zero-order valence-corrected chi connectivity index (χ0v) is 21.9. The lowest BCUT2D eigenvalue weighted by molar-refractivity contribution is -0.763. The van der Waals surface area contributed by atoms with Crippen molar-refractivity contribution >= 4 is 37.3 Å². The number of amides is 1. The van der Waals surface area contributed by atoms with Crippen LogP contribution in [0.4, 0.5) is 0 Å². The van der Waals surface area contributed by atoms with Crippen LogP contribution in [0.3, 0.4) is 0 Å². The molecule has 1 aromatic carbocycles. The van der Waals surface area contributed by atoms with Crippen molar-refractivity contribution in [2.24, 2.45) is 0 Å². The van der Waals surface area contributed by atoms with Crippen LogP contribution < -0.4 is 10.0 Å². The molecule has 2 N–H and O–H groups in total. The highest BCUT2D eigenvalue weighted by atomic mass is 32.3. The number of ether oxygens (including phenoxy) is 1. The molecule has 3 rings (SSSR count). The minimum atomic E-state index is -4.42. The molecule has 0 aliphatic carbocycles. The molecule has 2 aromatic rings. The van der Waals surface area contributed by atoms with Crippen LogP contribution in [0, 0.1) is 10.1 Å². The van der Waals surface area contributed by atoms with Gasteiger partial charge in [0.2, 0.25) is 0 Å². The van der Waals surface area contributed by atoms with Crippen molar-refractivity contribution < 1.29 is 36.3 Å². The van der Waals surface area contributed by atoms with E-state index in [2.05, 4.69) is 10.2 Å². The number of hydrogen-bond donors (Lipinski definition) is 2. The Hall–Kier alpha value is -2.63. The second-order valence-corrected chi connectivity index (χ2v) is 12.9.